The van der Waals surface area contributed by atoms with Gasteiger partial charge in [-0.15, -0.1) is 10.2 Å². The summed E-state index contributed by atoms with van der Waals surface area (Å²) >= 11 is 0. The number of nitrogens with zero attached hydrogens (tertiary/aromatic N) is 4. The van der Waals surface area contributed by atoms with Crippen LogP contribution in [-0.4, -0.2) is 74.3 Å². The van der Waals surface area contributed by atoms with Gasteiger partial charge in [-0.1, -0.05) is 87.9 Å². The third-order valence-electron chi connectivity index (χ3n) is 8.52. The molecule has 12 nitrogen and oxygen atoms in total. The van der Waals surface area contributed by atoms with Crippen LogP contribution in [0.1, 0.15) is 70.2 Å². The number of aromatic nitrogens is 4. The summed E-state index contributed by atoms with van der Waals surface area (Å²) in [7, 11) is 0. The summed E-state index contributed by atoms with van der Waals surface area (Å²) in [6, 6.07) is 7.94. The van der Waals surface area contributed by atoms with Gasteiger partial charge in [0, 0.05) is 6.54 Å². The van der Waals surface area contributed by atoms with Gasteiger partial charge in [-0.25, -0.2) is 0 Å². The van der Waals surface area contributed by atoms with E-state index in [0.717, 1.165) is 18.4 Å². The molecule has 1 aliphatic heterocycles. The van der Waals surface area contributed by atoms with Gasteiger partial charge in [-0.2, -0.15) is 5.21 Å². The van der Waals surface area contributed by atoms with Crippen molar-refractivity contribution in [3.8, 4) is 0 Å². The third kappa shape index (κ3) is 8.34. The Labute approximate surface area is 240 Å². The molecule has 4 rings (SSSR count). The first kappa shape index (κ1) is 30.1. The van der Waals surface area contributed by atoms with Gasteiger partial charge in [0.05, 0.1) is 19.5 Å². The Kier molecular flexibility index (Phi) is 10.8. The first-order valence-corrected chi connectivity index (χ1v) is 14.8. The second-order valence-electron chi connectivity index (χ2n) is 11.3. The van der Waals surface area contributed by atoms with Crippen LogP contribution in [0.2, 0.25) is 0 Å². The lowest BCUT2D eigenvalue weighted by molar-refractivity contribution is -0.139. The summed E-state index contributed by atoms with van der Waals surface area (Å²) in [5.74, 6) is -0.286. The van der Waals surface area contributed by atoms with Crippen LogP contribution in [0.15, 0.2) is 30.3 Å². The largest absolute Gasteiger partial charge is 0.347 e. The second kappa shape index (κ2) is 14.7. The molecule has 4 amide bonds. The number of rotatable bonds is 12. The third-order valence-corrected chi connectivity index (χ3v) is 8.52. The molecule has 2 aromatic rings. The number of carbonyl (C=O) groups excluding carboxylic acids is 4. The zero-order valence-electron chi connectivity index (χ0n) is 24.0. The monoisotopic (exact) mass is 566 g/mol. The molecule has 2 fully saturated rings. The van der Waals surface area contributed by atoms with Crippen molar-refractivity contribution in [3.05, 3.63) is 41.7 Å². The average molecular weight is 567 g/mol. The minimum absolute atomic E-state index is 0.109. The molecule has 4 atom stereocenters. The number of aromatic amines is 1. The number of likely N-dealkylation sites (tertiary alicyclic amines) is 1. The Morgan fingerprint density at radius 1 is 1.05 bits per heavy atom. The Morgan fingerprint density at radius 2 is 1.80 bits per heavy atom. The fourth-order valence-electron chi connectivity index (χ4n) is 5.96. The van der Waals surface area contributed by atoms with E-state index in [1.165, 1.54) is 19.3 Å². The molecule has 2 heterocycles. The first-order valence-electron chi connectivity index (χ1n) is 14.8. The molecule has 1 aromatic heterocycles. The highest BCUT2D eigenvalue weighted by Crippen LogP contribution is 2.37. The molecule has 0 radical (unpaired) electrons. The van der Waals surface area contributed by atoms with E-state index in [1.807, 2.05) is 44.2 Å². The highest BCUT2D eigenvalue weighted by molar-refractivity contribution is 5.93. The van der Waals surface area contributed by atoms with Crippen LogP contribution in [0.4, 0.5) is 0 Å². The minimum atomic E-state index is -0.772. The number of H-pyrrole nitrogens is 1. The molecule has 12 heteroatoms. The van der Waals surface area contributed by atoms with Crippen LogP contribution in [0.3, 0.4) is 0 Å². The zero-order valence-corrected chi connectivity index (χ0v) is 24.0. The van der Waals surface area contributed by atoms with Gasteiger partial charge < -0.3 is 20.9 Å². The summed E-state index contributed by atoms with van der Waals surface area (Å²) in [4.78, 5) is 54.2. The van der Waals surface area contributed by atoms with Crippen molar-refractivity contribution in [2.45, 2.75) is 83.8 Å². The maximum absolute atomic E-state index is 13.5. The molecule has 0 bridgehead atoms. The van der Waals surface area contributed by atoms with Gasteiger partial charge in [0.2, 0.25) is 23.6 Å². The van der Waals surface area contributed by atoms with Crippen molar-refractivity contribution in [1.29, 1.82) is 0 Å². The summed E-state index contributed by atoms with van der Waals surface area (Å²) in [6.45, 7) is 4.20. The lowest BCUT2D eigenvalue weighted by Gasteiger charge is -2.28. The Hall–Kier alpha value is -3.83. The number of amides is 4. The molecule has 2 aliphatic rings. The smallest absolute Gasteiger partial charge is 0.243 e. The zero-order chi connectivity index (χ0) is 29.2. The van der Waals surface area contributed by atoms with Gasteiger partial charge in [0.1, 0.15) is 12.1 Å². The molecule has 1 saturated heterocycles. The lowest BCUT2D eigenvalue weighted by atomic mass is 9.79. The van der Waals surface area contributed by atoms with Gasteiger partial charge in [-0.05, 0) is 29.7 Å². The number of hydrogen-bond donors (Lipinski definition) is 4. The number of benzene rings is 1. The number of nitrogens with one attached hydrogen (secondary N) is 4. The quantitative estimate of drug-likeness (QED) is 0.303. The molecular formula is C29H42N8O4. The molecule has 1 aromatic carbocycles. The van der Waals surface area contributed by atoms with E-state index in [4.69, 9.17) is 0 Å². The van der Waals surface area contributed by atoms with E-state index in [0.29, 0.717) is 31.1 Å². The van der Waals surface area contributed by atoms with Crippen molar-refractivity contribution in [2.75, 3.05) is 13.1 Å². The first-order chi connectivity index (χ1) is 19.9. The van der Waals surface area contributed by atoms with Crippen molar-refractivity contribution in [2.24, 2.45) is 17.8 Å². The van der Waals surface area contributed by atoms with E-state index in [9.17, 15) is 19.2 Å². The van der Waals surface area contributed by atoms with Crippen LogP contribution in [-0.2, 0) is 32.1 Å². The second-order valence-corrected chi connectivity index (χ2v) is 11.3. The molecule has 41 heavy (non-hydrogen) atoms. The lowest BCUT2D eigenvalue weighted by Crippen LogP contribution is -2.53. The summed E-state index contributed by atoms with van der Waals surface area (Å²) in [6.07, 6.45) is 7.23. The van der Waals surface area contributed by atoms with E-state index in [-0.39, 0.29) is 49.1 Å². The van der Waals surface area contributed by atoms with Gasteiger partial charge in [-0.3, -0.25) is 19.2 Å². The number of carbonyl (C=O) groups is 4. The maximum Gasteiger partial charge on any atom is 0.243 e. The molecule has 1 aliphatic carbocycles. The van der Waals surface area contributed by atoms with E-state index in [2.05, 4.69) is 36.6 Å². The van der Waals surface area contributed by atoms with Crippen LogP contribution >= 0.6 is 0 Å². The predicted molar refractivity (Wildman–Crippen MR) is 151 cm³/mol. The van der Waals surface area contributed by atoms with Gasteiger partial charge >= 0.3 is 0 Å². The maximum atomic E-state index is 13.5. The SMILES string of the molecule is CC[C@H](C)[C@H](NC(=O)Cc1ccccc1)C(=O)NCC(=O)N1CC(C2CCCCC2)CC1C(=O)NCc1nn[nH]n1. The van der Waals surface area contributed by atoms with Crippen LogP contribution in [0.25, 0.3) is 0 Å². The van der Waals surface area contributed by atoms with Crippen LogP contribution in [0, 0.1) is 17.8 Å². The summed E-state index contributed by atoms with van der Waals surface area (Å²) < 4.78 is 0. The summed E-state index contributed by atoms with van der Waals surface area (Å²) in [5, 5.41) is 22.0. The predicted octanol–water partition coefficient (Wildman–Crippen LogP) is 1.50. The number of hydrogen-bond acceptors (Lipinski definition) is 7. The molecular weight excluding hydrogens is 524 g/mol. The molecule has 4 N–H and O–H groups in total. The fourth-order valence-corrected chi connectivity index (χ4v) is 5.96. The fraction of sp³-hybridized carbons (Fsp3) is 0.621. The van der Waals surface area contributed by atoms with Crippen molar-refractivity contribution in [3.63, 3.8) is 0 Å². The van der Waals surface area contributed by atoms with Crippen molar-refractivity contribution in [1.82, 2.24) is 41.5 Å². The van der Waals surface area contributed by atoms with E-state index < -0.39 is 18.0 Å². The standard InChI is InChI=1S/C29H42N8O4/c1-3-19(2)27(32-25(38)14-20-10-6-4-7-11-20)29(41)31-17-26(39)37-18-22(21-12-8-5-9-13-21)15-23(37)28(40)30-16-24-33-35-36-34-24/h4,6-7,10-11,19,21-23,27H,3,5,8-9,12-18H2,1-2H3,(H,30,40)(H,31,41)(H,32,38)(H,33,34,35,36)/t19-,22?,23?,27-/m0/s1. The molecule has 0 spiro atoms. The molecule has 2 unspecified atom stereocenters. The normalized spacial score (nSPS) is 20.7. The van der Waals surface area contributed by atoms with Crippen molar-refractivity contribution < 1.29 is 19.2 Å². The van der Waals surface area contributed by atoms with E-state index in [1.54, 1.807) is 4.90 Å². The topological polar surface area (TPSA) is 162 Å². The molecule has 1 saturated carbocycles. The minimum Gasteiger partial charge on any atom is -0.347 e. The Bertz CT molecular complexity index is 1150. The van der Waals surface area contributed by atoms with Gasteiger partial charge in [0.15, 0.2) is 5.82 Å². The number of tetrazole rings is 1. The van der Waals surface area contributed by atoms with E-state index >= 15 is 0 Å². The summed E-state index contributed by atoms with van der Waals surface area (Å²) in [5.41, 5.74) is 0.855. The van der Waals surface area contributed by atoms with Gasteiger partial charge in [0.25, 0.3) is 0 Å². The average Bonchev–Trinajstić information content (AvgIpc) is 3.69. The Morgan fingerprint density at radius 3 is 2.49 bits per heavy atom. The Balaban J connectivity index is 1.37. The molecule has 222 valence electrons. The highest BCUT2D eigenvalue weighted by atomic mass is 16.2. The highest BCUT2D eigenvalue weighted by Gasteiger charge is 2.42. The van der Waals surface area contributed by atoms with Crippen LogP contribution < -0.4 is 16.0 Å². The van der Waals surface area contributed by atoms with Crippen LogP contribution in [0.5, 0.6) is 0 Å². The van der Waals surface area contributed by atoms with Crippen molar-refractivity contribution >= 4 is 23.6 Å².